The molecule has 2 N–H and O–H groups in total. The molecular formula is C25H23N3O5S. The average Bonchev–Trinajstić information content (AvgIpc) is 2.87. The summed E-state index contributed by atoms with van der Waals surface area (Å²) in [5.41, 5.74) is 1.97. The van der Waals surface area contributed by atoms with Gasteiger partial charge in [-0.3, -0.25) is 9.59 Å². The fourth-order valence-corrected chi connectivity index (χ4v) is 3.87. The van der Waals surface area contributed by atoms with Gasteiger partial charge in [0, 0.05) is 18.2 Å². The molecule has 0 aliphatic carbocycles. The number of methoxy groups -OCH3 is 3. The summed E-state index contributed by atoms with van der Waals surface area (Å²) in [7, 11) is 4.66. The van der Waals surface area contributed by atoms with Crippen LogP contribution in [0.5, 0.6) is 17.2 Å². The van der Waals surface area contributed by atoms with Crippen molar-refractivity contribution in [2.24, 2.45) is 0 Å². The van der Waals surface area contributed by atoms with E-state index in [1.54, 1.807) is 50.6 Å². The maximum absolute atomic E-state index is 13.3. The lowest BCUT2D eigenvalue weighted by Gasteiger charge is -2.13. The summed E-state index contributed by atoms with van der Waals surface area (Å²) in [6.45, 7) is 0.357. The number of ether oxygens (including phenoxy) is 3. The molecule has 4 rings (SSSR count). The van der Waals surface area contributed by atoms with E-state index in [1.807, 2.05) is 24.3 Å². The van der Waals surface area contributed by atoms with Crippen molar-refractivity contribution in [2.45, 2.75) is 6.54 Å². The van der Waals surface area contributed by atoms with Crippen molar-refractivity contribution in [2.75, 3.05) is 21.3 Å². The van der Waals surface area contributed by atoms with E-state index in [0.29, 0.717) is 40.2 Å². The topological polar surface area (TPSA) is 94.6 Å². The number of hydrogen-bond acceptors (Lipinski definition) is 6. The van der Waals surface area contributed by atoms with Crippen molar-refractivity contribution in [3.8, 4) is 22.9 Å². The van der Waals surface area contributed by atoms with Gasteiger partial charge in [0.05, 0.1) is 37.9 Å². The molecule has 1 heterocycles. The van der Waals surface area contributed by atoms with Crippen molar-refractivity contribution in [1.82, 2.24) is 14.9 Å². The molecule has 0 saturated heterocycles. The fourth-order valence-electron chi connectivity index (χ4n) is 3.58. The molecule has 8 nitrogen and oxygen atoms in total. The van der Waals surface area contributed by atoms with Gasteiger partial charge in [-0.1, -0.05) is 12.1 Å². The SMILES string of the molecule is COc1ccc(CNC(=O)c2ccc3c(=O)n(-c4ccc(OC)cc4OC)c(=S)[nH]c3c2)cc1. The number of carbonyl (C=O) groups excluding carboxylic acids is 1. The second kappa shape index (κ2) is 9.80. The van der Waals surface area contributed by atoms with Crippen LogP contribution in [0.4, 0.5) is 0 Å². The van der Waals surface area contributed by atoms with Gasteiger partial charge < -0.3 is 24.5 Å². The van der Waals surface area contributed by atoms with E-state index in [0.717, 1.165) is 11.3 Å². The number of H-pyrrole nitrogens is 1. The molecule has 0 bridgehead atoms. The Morgan fingerprint density at radius 3 is 2.32 bits per heavy atom. The fraction of sp³-hybridized carbons (Fsp3) is 0.160. The highest BCUT2D eigenvalue weighted by atomic mass is 32.1. The number of benzene rings is 3. The van der Waals surface area contributed by atoms with E-state index >= 15 is 0 Å². The van der Waals surface area contributed by atoms with Crippen LogP contribution >= 0.6 is 12.2 Å². The Bertz CT molecular complexity index is 1480. The average molecular weight is 478 g/mol. The van der Waals surface area contributed by atoms with Gasteiger partial charge in [-0.05, 0) is 60.2 Å². The monoisotopic (exact) mass is 477 g/mol. The third kappa shape index (κ3) is 4.51. The minimum Gasteiger partial charge on any atom is -0.497 e. The Morgan fingerprint density at radius 1 is 0.941 bits per heavy atom. The number of nitrogens with one attached hydrogen (secondary N) is 2. The van der Waals surface area contributed by atoms with Crippen molar-refractivity contribution in [3.05, 3.63) is 86.9 Å². The van der Waals surface area contributed by atoms with Gasteiger partial charge >= 0.3 is 0 Å². The predicted octanol–water partition coefficient (Wildman–Crippen LogP) is 4.00. The minimum absolute atomic E-state index is 0.178. The molecular weight excluding hydrogens is 454 g/mol. The van der Waals surface area contributed by atoms with Gasteiger partial charge in [0.2, 0.25) is 0 Å². The third-order valence-electron chi connectivity index (χ3n) is 5.40. The molecule has 174 valence electrons. The summed E-state index contributed by atoms with van der Waals surface area (Å²) in [6, 6.07) is 17.4. The van der Waals surface area contributed by atoms with Gasteiger partial charge in [0.15, 0.2) is 4.77 Å². The minimum atomic E-state index is -0.326. The highest BCUT2D eigenvalue weighted by Gasteiger charge is 2.15. The van der Waals surface area contributed by atoms with Crippen molar-refractivity contribution < 1.29 is 19.0 Å². The standard InChI is InChI=1S/C25H23N3O5S/c1-31-17-7-4-15(5-8-17)14-26-23(29)16-6-10-19-20(12-16)27-25(34)28(24(19)30)21-11-9-18(32-2)13-22(21)33-3/h4-13H,14H2,1-3H3,(H,26,29)(H,27,34). The molecule has 0 radical (unpaired) electrons. The van der Waals surface area contributed by atoms with Crippen LogP contribution in [0, 0.1) is 4.77 Å². The van der Waals surface area contributed by atoms with E-state index in [2.05, 4.69) is 10.3 Å². The molecule has 0 atom stereocenters. The van der Waals surface area contributed by atoms with Crippen LogP contribution in [0.15, 0.2) is 65.5 Å². The Labute approximate surface area is 200 Å². The number of nitrogens with zero attached hydrogens (tertiary/aromatic N) is 1. The van der Waals surface area contributed by atoms with Crippen LogP contribution in [0.2, 0.25) is 0 Å². The second-order valence-electron chi connectivity index (χ2n) is 7.40. The molecule has 3 aromatic carbocycles. The summed E-state index contributed by atoms with van der Waals surface area (Å²) in [4.78, 5) is 29.1. The van der Waals surface area contributed by atoms with Crippen molar-refractivity contribution in [3.63, 3.8) is 0 Å². The first-order chi connectivity index (χ1) is 16.4. The first-order valence-electron chi connectivity index (χ1n) is 10.4. The maximum Gasteiger partial charge on any atom is 0.266 e. The summed E-state index contributed by atoms with van der Waals surface area (Å²) in [6.07, 6.45) is 0. The van der Waals surface area contributed by atoms with E-state index in [9.17, 15) is 9.59 Å². The molecule has 34 heavy (non-hydrogen) atoms. The van der Waals surface area contributed by atoms with Crippen LogP contribution in [0.3, 0.4) is 0 Å². The molecule has 0 aliphatic heterocycles. The Hall–Kier alpha value is -4.11. The number of fused-ring (bicyclic) bond motifs is 1. The predicted molar refractivity (Wildman–Crippen MR) is 132 cm³/mol. The number of aromatic nitrogens is 2. The van der Waals surface area contributed by atoms with Gasteiger partial charge in [-0.25, -0.2) is 4.57 Å². The zero-order valence-electron chi connectivity index (χ0n) is 18.9. The maximum atomic E-state index is 13.3. The van der Waals surface area contributed by atoms with Crippen LogP contribution in [-0.4, -0.2) is 36.8 Å². The van der Waals surface area contributed by atoms with E-state index in [-0.39, 0.29) is 16.2 Å². The zero-order chi connectivity index (χ0) is 24.2. The van der Waals surface area contributed by atoms with Crippen molar-refractivity contribution in [1.29, 1.82) is 0 Å². The quantitative estimate of drug-likeness (QED) is 0.391. The molecule has 1 aromatic heterocycles. The van der Waals surface area contributed by atoms with Gasteiger partial charge in [0.1, 0.15) is 17.2 Å². The molecule has 0 aliphatic rings. The van der Waals surface area contributed by atoms with Gasteiger partial charge in [-0.2, -0.15) is 0 Å². The Morgan fingerprint density at radius 2 is 1.65 bits per heavy atom. The number of amides is 1. The molecule has 0 unspecified atom stereocenters. The molecule has 4 aromatic rings. The highest BCUT2D eigenvalue weighted by molar-refractivity contribution is 7.71. The molecule has 0 spiro atoms. The lowest BCUT2D eigenvalue weighted by Crippen LogP contribution is -2.24. The lowest BCUT2D eigenvalue weighted by atomic mass is 10.1. The normalized spacial score (nSPS) is 10.7. The summed E-state index contributed by atoms with van der Waals surface area (Å²) in [5, 5.41) is 3.27. The summed E-state index contributed by atoms with van der Waals surface area (Å²) in [5.74, 6) is 1.51. The summed E-state index contributed by atoms with van der Waals surface area (Å²) < 4.78 is 17.3. The van der Waals surface area contributed by atoms with E-state index in [1.165, 1.54) is 11.7 Å². The molecule has 0 saturated carbocycles. The van der Waals surface area contributed by atoms with Crippen LogP contribution in [0.1, 0.15) is 15.9 Å². The van der Waals surface area contributed by atoms with E-state index in [4.69, 9.17) is 26.4 Å². The summed E-state index contributed by atoms with van der Waals surface area (Å²) >= 11 is 5.47. The zero-order valence-corrected chi connectivity index (χ0v) is 19.7. The van der Waals surface area contributed by atoms with E-state index < -0.39 is 0 Å². The number of aromatic amines is 1. The Kier molecular flexibility index (Phi) is 6.65. The molecule has 0 fully saturated rings. The first-order valence-corrected chi connectivity index (χ1v) is 10.8. The van der Waals surface area contributed by atoms with Crippen molar-refractivity contribution >= 4 is 29.0 Å². The van der Waals surface area contributed by atoms with Crippen LogP contribution in [0.25, 0.3) is 16.6 Å². The lowest BCUT2D eigenvalue weighted by molar-refractivity contribution is 0.0951. The van der Waals surface area contributed by atoms with Gasteiger partial charge in [0.25, 0.3) is 11.5 Å². The third-order valence-corrected chi connectivity index (χ3v) is 5.68. The largest absolute Gasteiger partial charge is 0.497 e. The molecule has 9 heteroatoms. The number of carbonyl (C=O) groups is 1. The van der Waals surface area contributed by atoms with Crippen LogP contribution < -0.4 is 25.1 Å². The smallest absolute Gasteiger partial charge is 0.266 e. The first kappa shape index (κ1) is 23.1. The highest BCUT2D eigenvalue weighted by Crippen LogP contribution is 2.27. The number of hydrogen-bond donors (Lipinski definition) is 2. The Balaban J connectivity index is 1.65. The number of rotatable bonds is 7. The van der Waals surface area contributed by atoms with Gasteiger partial charge in [-0.15, -0.1) is 0 Å². The second-order valence-corrected chi connectivity index (χ2v) is 7.79. The molecule has 1 amide bonds. The van der Waals surface area contributed by atoms with Crippen LogP contribution in [-0.2, 0) is 6.54 Å².